The molecule has 0 saturated carbocycles. The number of hydrogen-bond donors (Lipinski definition) is 2. The van der Waals surface area contributed by atoms with Crippen molar-refractivity contribution in [1.82, 2.24) is 10.6 Å². The summed E-state index contributed by atoms with van der Waals surface area (Å²) in [5, 5.41) is 5.90. The zero-order valence-corrected chi connectivity index (χ0v) is 13.7. The van der Waals surface area contributed by atoms with E-state index in [1.165, 1.54) is 0 Å². The summed E-state index contributed by atoms with van der Waals surface area (Å²) >= 11 is 1.67. The fourth-order valence-corrected chi connectivity index (χ4v) is 3.08. The van der Waals surface area contributed by atoms with Crippen molar-refractivity contribution < 1.29 is 14.3 Å². The highest BCUT2D eigenvalue weighted by molar-refractivity contribution is 7.99. The van der Waals surface area contributed by atoms with Crippen molar-refractivity contribution in [3.05, 3.63) is 35.9 Å². The van der Waals surface area contributed by atoms with E-state index in [2.05, 4.69) is 10.6 Å². The third-order valence-electron chi connectivity index (χ3n) is 3.48. The fourth-order valence-electron chi connectivity index (χ4n) is 2.13. The number of thioether (sulfide) groups is 1. The molecule has 0 unspecified atom stereocenters. The second-order valence-electron chi connectivity index (χ2n) is 5.60. The number of esters is 1. The van der Waals surface area contributed by atoms with E-state index in [1.54, 1.807) is 11.8 Å². The van der Waals surface area contributed by atoms with Gasteiger partial charge in [-0.15, -0.1) is 11.8 Å². The highest BCUT2D eigenvalue weighted by Crippen LogP contribution is 2.12. The van der Waals surface area contributed by atoms with Gasteiger partial charge in [-0.1, -0.05) is 44.2 Å². The predicted octanol–water partition coefficient (Wildman–Crippen LogP) is 1.53. The van der Waals surface area contributed by atoms with Crippen molar-refractivity contribution in [1.29, 1.82) is 0 Å². The number of carbonyl (C=O) groups is 2. The van der Waals surface area contributed by atoms with E-state index in [1.807, 2.05) is 44.2 Å². The van der Waals surface area contributed by atoms with Crippen molar-refractivity contribution >= 4 is 23.6 Å². The lowest BCUT2D eigenvalue weighted by atomic mass is 10.0. The van der Waals surface area contributed by atoms with E-state index >= 15 is 0 Å². The van der Waals surface area contributed by atoms with Gasteiger partial charge in [-0.05, 0) is 11.5 Å². The lowest BCUT2D eigenvalue weighted by molar-refractivity contribution is -0.150. The summed E-state index contributed by atoms with van der Waals surface area (Å²) in [6.45, 7) is 4.01. The first-order valence-corrected chi connectivity index (χ1v) is 8.55. The molecule has 0 aromatic heterocycles. The minimum atomic E-state index is -0.622. The average Bonchev–Trinajstić information content (AvgIpc) is 3.05. The molecule has 2 atom stereocenters. The second kappa shape index (κ2) is 8.19. The van der Waals surface area contributed by atoms with Crippen molar-refractivity contribution in [3.8, 4) is 0 Å². The van der Waals surface area contributed by atoms with Crippen molar-refractivity contribution in [2.45, 2.75) is 32.5 Å². The molecular formula is C16H22N2O3S. The Morgan fingerprint density at radius 1 is 1.36 bits per heavy atom. The standard InChI is InChI=1S/C16H22N2O3S/c1-11(2)14(18-15(19)13-9-22-10-17-13)16(20)21-8-12-6-4-3-5-7-12/h3-7,11,13-14,17H,8-10H2,1-2H3,(H,18,19)/t13-,14-/m0/s1. The molecule has 0 bridgehead atoms. The van der Waals surface area contributed by atoms with Crippen LogP contribution in [-0.2, 0) is 20.9 Å². The van der Waals surface area contributed by atoms with Crippen molar-refractivity contribution in [2.75, 3.05) is 11.6 Å². The Labute approximate surface area is 135 Å². The van der Waals surface area contributed by atoms with Crippen LogP contribution in [-0.4, -0.2) is 35.6 Å². The Kier molecular flexibility index (Phi) is 6.27. The molecule has 0 aliphatic carbocycles. The molecule has 0 radical (unpaired) electrons. The maximum absolute atomic E-state index is 12.2. The zero-order valence-electron chi connectivity index (χ0n) is 12.9. The lowest BCUT2D eigenvalue weighted by Gasteiger charge is -2.22. The van der Waals surface area contributed by atoms with E-state index in [-0.39, 0.29) is 24.5 Å². The fraction of sp³-hybridized carbons (Fsp3) is 0.500. The van der Waals surface area contributed by atoms with Crippen LogP contribution >= 0.6 is 11.8 Å². The monoisotopic (exact) mass is 322 g/mol. The van der Waals surface area contributed by atoms with Crippen LogP contribution < -0.4 is 10.6 Å². The number of benzene rings is 1. The van der Waals surface area contributed by atoms with Gasteiger partial charge in [-0.25, -0.2) is 4.79 Å². The van der Waals surface area contributed by atoms with Crippen LogP contribution in [0.3, 0.4) is 0 Å². The highest BCUT2D eigenvalue weighted by atomic mass is 32.2. The Bertz CT molecular complexity index is 501. The Morgan fingerprint density at radius 3 is 2.68 bits per heavy atom. The van der Waals surface area contributed by atoms with Gasteiger partial charge in [-0.3, -0.25) is 10.1 Å². The normalized spacial score (nSPS) is 19.0. The summed E-state index contributed by atoms with van der Waals surface area (Å²) in [6, 6.07) is 8.65. The number of hydrogen-bond acceptors (Lipinski definition) is 5. The van der Waals surface area contributed by atoms with Crippen LogP contribution in [0.1, 0.15) is 19.4 Å². The molecule has 0 spiro atoms. The maximum atomic E-state index is 12.2. The number of ether oxygens (including phenoxy) is 1. The molecule has 1 amide bonds. The molecule has 6 heteroatoms. The topological polar surface area (TPSA) is 67.4 Å². The van der Waals surface area contributed by atoms with E-state index in [9.17, 15) is 9.59 Å². The Balaban J connectivity index is 1.89. The highest BCUT2D eigenvalue weighted by Gasteiger charge is 2.30. The van der Waals surface area contributed by atoms with Crippen molar-refractivity contribution in [3.63, 3.8) is 0 Å². The van der Waals surface area contributed by atoms with Gasteiger partial charge in [0.05, 0.1) is 6.04 Å². The molecule has 1 fully saturated rings. The summed E-state index contributed by atoms with van der Waals surface area (Å²) in [6.07, 6.45) is 0. The van der Waals surface area contributed by atoms with Gasteiger partial charge >= 0.3 is 5.97 Å². The number of nitrogens with one attached hydrogen (secondary N) is 2. The molecular weight excluding hydrogens is 300 g/mol. The Morgan fingerprint density at radius 2 is 2.09 bits per heavy atom. The summed E-state index contributed by atoms with van der Waals surface area (Å²) in [4.78, 5) is 24.4. The Hall–Kier alpha value is -1.53. The minimum absolute atomic E-state index is 0.0266. The van der Waals surface area contributed by atoms with Crippen LogP contribution in [0.2, 0.25) is 0 Å². The largest absolute Gasteiger partial charge is 0.459 e. The first-order chi connectivity index (χ1) is 10.6. The molecule has 120 valence electrons. The molecule has 22 heavy (non-hydrogen) atoms. The summed E-state index contributed by atoms with van der Waals surface area (Å²) in [7, 11) is 0. The SMILES string of the molecule is CC(C)[C@H](NC(=O)[C@@H]1CSCN1)C(=O)OCc1ccccc1. The lowest BCUT2D eigenvalue weighted by Crippen LogP contribution is -2.51. The summed E-state index contributed by atoms with van der Waals surface area (Å²) in [5.41, 5.74) is 0.929. The van der Waals surface area contributed by atoms with E-state index in [0.29, 0.717) is 0 Å². The van der Waals surface area contributed by atoms with E-state index < -0.39 is 12.0 Å². The molecule has 1 aliphatic heterocycles. The third-order valence-corrected chi connectivity index (χ3v) is 4.41. The number of rotatable bonds is 6. The number of amides is 1. The van der Waals surface area contributed by atoms with Gasteiger partial charge in [0.15, 0.2) is 0 Å². The van der Waals surface area contributed by atoms with Crippen LogP contribution in [0.5, 0.6) is 0 Å². The third kappa shape index (κ3) is 4.74. The molecule has 1 saturated heterocycles. The van der Waals surface area contributed by atoms with Gasteiger partial charge < -0.3 is 10.1 Å². The first kappa shape index (κ1) is 16.8. The van der Waals surface area contributed by atoms with Gasteiger partial charge in [0.2, 0.25) is 5.91 Å². The van der Waals surface area contributed by atoms with Gasteiger partial charge in [0, 0.05) is 11.6 Å². The smallest absolute Gasteiger partial charge is 0.329 e. The molecule has 1 aromatic carbocycles. The average molecular weight is 322 g/mol. The van der Waals surface area contributed by atoms with Crippen LogP contribution in [0, 0.1) is 5.92 Å². The van der Waals surface area contributed by atoms with Gasteiger partial charge in [-0.2, -0.15) is 0 Å². The second-order valence-corrected chi connectivity index (χ2v) is 6.63. The predicted molar refractivity (Wildman–Crippen MR) is 87.3 cm³/mol. The molecule has 1 heterocycles. The van der Waals surface area contributed by atoms with Crippen LogP contribution in [0.25, 0.3) is 0 Å². The van der Waals surface area contributed by atoms with E-state index in [4.69, 9.17) is 4.74 Å². The molecule has 2 N–H and O–H groups in total. The van der Waals surface area contributed by atoms with Crippen LogP contribution in [0.4, 0.5) is 0 Å². The first-order valence-electron chi connectivity index (χ1n) is 7.40. The molecule has 1 aromatic rings. The van der Waals surface area contributed by atoms with Gasteiger partial charge in [0.25, 0.3) is 0 Å². The van der Waals surface area contributed by atoms with Crippen LogP contribution in [0.15, 0.2) is 30.3 Å². The quantitative estimate of drug-likeness (QED) is 0.778. The molecule has 2 rings (SSSR count). The molecule has 5 nitrogen and oxygen atoms in total. The summed E-state index contributed by atoms with van der Waals surface area (Å²) < 4.78 is 5.34. The van der Waals surface area contributed by atoms with E-state index in [0.717, 1.165) is 17.2 Å². The minimum Gasteiger partial charge on any atom is -0.459 e. The summed E-state index contributed by atoms with van der Waals surface area (Å²) in [5.74, 6) is 0.943. The van der Waals surface area contributed by atoms with Crippen molar-refractivity contribution in [2.24, 2.45) is 5.92 Å². The zero-order chi connectivity index (χ0) is 15.9. The van der Waals surface area contributed by atoms with Gasteiger partial charge in [0.1, 0.15) is 12.6 Å². The molecule has 1 aliphatic rings. The number of carbonyl (C=O) groups excluding carboxylic acids is 2. The maximum Gasteiger partial charge on any atom is 0.329 e.